The Morgan fingerprint density at radius 3 is 2.56 bits per heavy atom. The molecule has 0 radical (unpaired) electrons. The number of nitrogens with zero attached hydrogens (tertiary/aromatic N) is 1. The Morgan fingerprint density at radius 1 is 0.969 bits per heavy atom. The summed E-state index contributed by atoms with van der Waals surface area (Å²) in [5, 5.41) is 3.31. The second kappa shape index (κ2) is 10.3. The first kappa shape index (κ1) is 21.9. The van der Waals surface area contributed by atoms with Gasteiger partial charge in [-0.25, -0.2) is 8.78 Å². The lowest BCUT2D eigenvalue weighted by Gasteiger charge is -2.20. The van der Waals surface area contributed by atoms with Crippen LogP contribution in [-0.2, 0) is 17.8 Å². The highest BCUT2D eigenvalue weighted by molar-refractivity contribution is 5.90. The van der Waals surface area contributed by atoms with Crippen LogP contribution >= 0.6 is 0 Å². The topological polar surface area (TPSA) is 33.6 Å². The van der Waals surface area contributed by atoms with E-state index in [4.69, 9.17) is 9.73 Å². The largest absolute Gasteiger partial charge is 0.384 e. The van der Waals surface area contributed by atoms with Gasteiger partial charge in [0.15, 0.2) is 11.6 Å². The SMILES string of the molecule is CC(COCc1ccccc1)C1=NC(Cc2ccccc2-c2ccc(F)c(F)c2)=CNC1. The van der Waals surface area contributed by atoms with Gasteiger partial charge in [-0.2, -0.15) is 0 Å². The summed E-state index contributed by atoms with van der Waals surface area (Å²) in [7, 11) is 0. The Morgan fingerprint density at radius 2 is 1.75 bits per heavy atom. The Balaban J connectivity index is 1.43. The summed E-state index contributed by atoms with van der Waals surface area (Å²) in [6, 6.07) is 21.9. The van der Waals surface area contributed by atoms with Crippen molar-refractivity contribution in [3.63, 3.8) is 0 Å². The van der Waals surface area contributed by atoms with Gasteiger partial charge < -0.3 is 10.1 Å². The van der Waals surface area contributed by atoms with Crippen LogP contribution in [0.4, 0.5) is 8.78 Å². The Bertz CT molecular complexity index is 1130. The van der Waals surface area contributed by atoms with E-state index in [-0.39, 0.29) is 5.92 Å². The highest BCUT2D eigenvalue weighted by Crippen LogP contribution is 2.27. The van der Waals surface area contributed by atoms with Crippen molar-refractivity contribution in [2.75, 3.05) is 13.2 Å². The van der Waals surface area contributed by atoms with Crippen LogP contribution in [0.1, 0.15) is 18.1 Å². The smallest absolute Gasteiger partial charge is 0.159 e. The number of hydrogen-bond donors (Lipinski definition) is 1. The van der Waals surface area contributed by atoms with Crippen LogP contribution in [0.5, 0.6) is 0 Å². The minimum Gasteiger partial charge on any atom is -0.384 e. The maximum atomic E-state index is 13.8. The number of ether oxygens (including phenoxy) is 1. The summed E-state index contributed by atoms with van der Waals surface area (Å²) in [5.74, 6) is -1.51. The summed E-state index contributed by atoms with van der Waals surface area (Å²) < 4.78 is 33.0. The zero-order chi connectivity index (χ0) is 22.3. The molecule has 0 saturated carbocycles. The van der Waals surface area contributed by atoms with Gasteiger partial charge in [-0.15, -0.1) is 0 Å². The molecule has 0 saturated heterocycles. The molecule has 4 rings (SSSR count). The molecule has 0 aliphatic carbocycles. The third-order valence-electron chi connectivity index (χ3n) is 5.51. The summed E-state index contributed by atoms with van der Waals surface area (Å²) >= 11 is 0. The first-order valence-corrected chi connectivity index (χ1v) is 10.7. The molecule has 5 heteroatoms. The number of nitrogens with one attached hydrogen (secondary N) is 1. The first-order valence-electron chi connectivity index (χ1n) is 10.7. The molecule has 3 nitrogen and oxygen atoms in total. The van der Waals surface area contributed by atoms with Crippen LogP contribution in [0.3, 0.4) is 0 Å². The van der Waals surface area contributed by atoms with Crippen molar-refractivity contribution in [2.24, 2.45) is 10.9 Å². The molecule has 1 atom stereocenters. The van der Waals surface area contributed by atoms with Gasteiger partial charge in [-0.3, -0.25) is 4.99 Å². The summed E-state index contributed by atoms with van der Waals surface area (Å²) in [4.78, 5) is 4.87. The Labute approximate surface area is 187 Å². The van der Waals surface area contributed by atoms with Gasteiger partial charge in [0, 0.05) is 24.3 Å². The van der Waals surface area contributed by atoms with E-state index in [9.17, 15) is 8.78 Å². The average molecular weight is 433 g/mol. The van der Waals surface area contributed by atoms with Crippen molar-refractivity contribution in [1.29, 1.82) is 0 Å². The fraction of sp³-hybridized carbons (Fsp3) is 0.222. The van der Waals surface area contributed by atoms with Crippen LogP contribution in [-0.4, -0.2) is 18.9 Å². The number of hydrogen-bond acceptors (Lipinski definition) is 3. The predicted molar refractivity (Wildman–Crippen MR) is 124 cm³/mol. The summed E-state index contributed by atoms with van der Waals surface area (Å²) in [5.41, 5.74) is 5.61. The van der Waals surface area contributed by atoms with Crippen molar-refractivity contribution in [1.82, 2.24) is 5.32 Å². The van der Waals surface area contributed by atoms with Gasteiger partial charge in [0.05, 0.1) is 25.5 Å². The molecular formula is C27H26F2N2O. The molecule has 3 aromatic rings. The van der Waals surface area contributed by atoms with Crippen molar-refractivity contribution >= 4 is 5.71 Å². The van der Waals surface area contributed by atoms with Gasteiger partial charge in [0.1, 0.15) is 0 Å². The van der Waals surface area contributed by atoms with E-state index in [0.29, 0.717) is 31.7 Å². The molecule has 32 heavy (non-hydrogen) atoms. The number of benzene rings is 3. The Kier molecular flexibility index (Phi) is 7.07. The molecule has 1 aliphatic heterocycles. The Hall–Kier alpha value is -3.31. The summed E-state index contributed by atoms with van der Waals surface area (Å²) in [6.07, 6.45) is 2.51. The molecule has 0 amide bonds. The summed E-state index contributed by atoms with van der Waals surface area (Å²) in [6.45, 7) is 3.97. The van der Waals surface area contributed by atoms with E-state index in [0.717, 1.165) is 34.2 Å². The molecule has 3 aromatic carbocycles. The molecule has 1 aliphatic rings. The van der Waals surface area contributed by atoms with Crippen molar-refractivity contribution in [3.05, 3.63) is 107 Å². The minimum atomic E-state index is -0.847. The monoisotopic (exact) mass is 432 g/mol. The fourth-order valence-corrected chi connectivity index (χ4v) is 3.74. The molecule has 1 heterocycles. The van der Waals surface area contributed by atoms with E-state index < -0.39 is 11.6 Å². The van der Waals surface area contributed by atoms with Gasteiger partial charge in [-0.1, -0.05) is 67.6 Å². The number of rotatable bonds is 8. The van der Waals surface area contributed by atoms with Crippen molar-refractivity contribution < 1.29 is 13.5 Å². The van der Waals surface area contributed by atoms with Crippen molar-refractivity contribution in [2.45, 2.75) is 20.0 Å². The van der Waals surface area contributed by atoms with E-state index in [1.54, 1.807) is 6.07 Å². The normalized spacial score (nSPS) is 14.3. The molecule has 1 N–H and O–H groups in total. The zero-order valence-corrected chi connectivity index (χ0v) is 18.0. The number of aliphatic imine (C=N–C) groups is 1. The molecule has 0 fully saturated rings. The van der Waals surface area contributed by atoms with Crippen LogP contribution in [0.2, 0.25) is 0 Å². The van der Waals surface area contributed by atoms with E-state index in [2.05, 4.69) is 24.4 Å². The fourth-order valence-electron chi connectivity index (χ4n) is 3.74. The standard InChI is InChI=1S/C27H26F2N2O/c1-19(17-32-18-20-7-3-2-4-8-20)27-16-30-15-23(31-27)13-21-9-5-6-10-24(21)22-11-12-25(28)26(29)14-22/h2-12,14-15,19,30H,13,16-18H2,1H3. The van der Waals surface area contributed by atoms with Gasteiger partial charge in [-0.05, 0) is 34.4 Å². The second-order valence-electron chi connectivity index (χ2n) is 7.98. The lowest BCUT2D eigenvalue weighted by atomic mass is 9.96. The molecule has 0 spiro atoms. The van der Waals surface area contributed by atoms with Gasteiger partial charge in [0.2, 0.25) is 0 Å². The van der Waals surface area contributed by atoms with Crippen molar-refractivity contribution in [3.8, 4) is 11.1 Å². The average Bonchev–Trinajstić information content (AvgIpc) is 2.82. The predicted octanol–water partition coefficient (Wildman–Crippen LogP) is 5.91. The van der Waals surface area contributed by atoms with Crippen LogP contribution in [0.15, 0.2) is 89.7 Å². The van der Waals surface area contributed by atoms with E-state index in [1.165, 1.54) is 6.07 Å². The van der Waals surface area contributed by atoms with Gasteiger partial charge >= 0.3 is 0 Å². The molecule has 1 unspecified atom stereocenters. The molecule has 0 bridgehead atoms. The van der Waals surface area contributed by atoms with Gasteiger partial charge in [0.25, 0.3) is 0 Å². The molecular weight excluding hydrogens is 406 g/mol. The third-order valence-corrected chi connectivity index (χ3v) is 5.51. The van der Waals surface area contributed by atoms with E-state index >= 15 is 0 Å². The van der Waals surface area contributed by atoms with Crippen LogP contribution in [0.25, 0.3) is 11.1 Å². The number of halogens is 2. The quantitative estimate of drug-likeness (QED) is 0.480. The molecule has 164 valence electrons. The maximum Gasteiger partial charge on any atom is 0.159 e. The second-order valence-corrected chi connectivity index (χ2v) is 7.98. The minimum absolute atomic E-state index is 0.177. The lowest BCUT2D eigenvalue weighted by molar-refractivity contribution is 0.108. The molecule has 0 aromatic heterocycles. The number of allylic oxidation sites excluding steroid dienone is 1. The third kappa shape index (κ3) is 5.48. The highest BCUT2D eigenvalue weighted by atomic mass is 19.2. The first-order chi connectivity index (χ1) is 15.6. The van der Waals surface area contributed by atoms with E-state index in [1.807, 2.05) is 48.7 Å². The van der Waals surface area contributed by atoms with Crippen LogP contribution < -0.4 is 5.32 Å². The highest BCUT2D eigenvalue weighted by Gasteiger charge is 2.16. The van der Waals surface area contributed by atoms with Crippen LogP contribution in [0, 0.1) is 17.6 Å². The maximum absolute atomic E-state index is 13.8. The lowest BCUT2D eigenvalue weighted by Crippen LogP contribution is -2.30. The zero-order valence-electron chi connectivity index (χ0n) is 18.0.